The number of nitrogens with two attached hydrogens (primary N) is 1. The van der Waals surface area contributed by atoms with Gasteiger partial charge in [0.05, 0.1) is 5.56 Å². The van der Waals surface area contributed by atoms with Gasteiger partial charge in [-0.3, -0.25) is 4.79 Å². The molecule has 1 aliphatic heterocycles. The van der Waals surface area contributed by atoms with E-state index in [0.717, 1.165) is 11.7 Å². The number of benzene rings is 1. The van der Waals surface area contributed by atoms with Crippen LogP contribution in [0.5, 0.6) is 0 Å². The largest absolute Gasteiger partial charge is 0.366 e. The molecule has 2 aliphatic rings. The Morgan fingerprint density at radius 3 is 2.53 bits per heavy atom. The number of carbonyl (C=O) groups is 1. The van der Waals surface area contributed by atoms with Crippen molar-refractivity contribution in [3.63, 3.8) is 0 Å². The summed E-state index contributed by atoms with van der Waals surface area (Å²) in [7, 11) is 0. The minimum atomic E-state index is -0.592. The Morgan fingerprint density at radius 2 is 1.85 bits per heavy atom. The van der Waals surface area contributed by atoms with Gasteiger partial charge in [-0.25, -0.2) is 14.4 Å². The number of carbonyl (C=O) groups excluding carboxylic acids is 1. The van der Waals surface area contributed by atoms with Crippen molar-refractivity contribution < 1.29 is 31.8 Å². The smallest absolute Gasteiger partial charge is 0.251 e. The van der Waals surface area contributed by atoms with E-state index < -0.39 is 5.91 Å². The van der Waals surface area contributed by atoms with Crippen molar-refractivity contribution in [2.45, 2.75) is 49.4 Å². The third-order valence-electron chi connectivity index (χ3n) is 6.08. The second-order valence-electron chi connectivity index (χ2n) is 8.59. The molecule has 7 nitrogen and oxygen atoms in total. The molecule has 1 fully saturated rings. The molecule has 0 saturated heterocycles. The van der Waals surface area contributed by atoms with Crippen LogP contribution in [0.1, 0.15) is 67.4 Å². The zero-order chi connectivity index (χ0) is 23.2. The first-order valence-electron chi connectivity index (χ1n) is 11.3. The summed E-state index contributed by atoms with van der Waals surface area (Å²) in [6.07, 6.45) is 11.3. The van der Waals surface area contributed by atoms with Gasteiger partial charge in [0.25, 0.3) is 5.91 Å². The normalized spacial score (nSPS) is 19.4. The van der Waals surface area contributed by atoms with Crippen molar-refractivity contribution in [2.75, 3.05) is 4.43 Å². The van der Waals surface area contributed by atoms with E-state index in [9.17, 15) is 9.18 Å². The van der Waals surface area contributed by atoms with Gasteiger partial charge in [0.2, 0.25) is 0 Å². The molecule has 0 radical (unpaired) electrons. The van der Waals surface area contributed by atoms with E-state index in [0.29, 0.717) is 38.5 Å². The molecular formula is C25H33FIN6O-. The minimum Gasteiger partial charge on any atom is -0.366 e. The number of fused-ring (bicyclic) bond motifs is 1. The maximum Gasteiger partial charge on any atom is 0.251 e. The number of halogens is 2. The molecule has 5 N–H and O–H groups in total. The first-order chi connectivity index (χ1) is 16.0. The number of primary amides is 1. The fraction of sp³-hybridized carbons (Fsp3) is 0.400. The number of aromatic nitrogens is 4. The number of nitrogens with zero attached hydrogens (tertiary/aromatic N) is 4. The number of amides is 1. The SMILES string of the molecule is CC1CCC(c2ncc3c(n2)CC[I-]C3)CC1.N.NC(=O)c1cnc(-c2cccc(F)c2)nc1.[HH]. The van der Waals surface area contributed by atoms with Gasteiger partial charge in [-0.15, -0.1) is 0 Å². The van der Waals surface area contributed by atoms with Gasteiger partial charge in [0.15, 0.2) is 5.82 Å². The fourth-order valence-electron chi connectivity index (χ4n) is 4.06. The summed E-state index contributed by atoms with van der Waals surface area (Å²) >= 11 is 0.414. The molecule has 0 atom stereocenters. The van der Waals surface area contributed by atoms with E-state index in [-0.39, 0.29) is 19.0 Å². The van der Waals surface area contributed by atoms with E-state index in [2.05, 4.69) is 28.1 Å². The first kappa shape index (κ1) is 26.1. The Hall–Kier alpha value is -2.53. The van der Waals surface area contributed by atoms with Crippen LogP contribution in [0.4, 0.5) is 4.39 Å². The molecule has 0 bridgehead atoms. The third-order valence-corrected chi connectivity index (χ3v) is 8.74. The van der Waals surface area contributed by atoms with Crippen molar-refractivity contribution in [1.82, 2.24) is 26.1 Å². The summed E-state index contributed by atoms with van der Waals surface area (Å²) in [6.45, 7) is 2.37. The van der Waals surface area contributed by atoms with Gasteiger partial charge in [-0.1, -0.05) is 12.1 Å². The van der Waals surface area contributed by atoms with Crippen LogP contribution >= 0.6 is 0 Å². The van der Waals surface area contributed by atoms with Crippen LogP contribution < -0.4 is 33.1 Å². The molecule has 0 spiro atoms. The summed E-state index contributed by atoms with van der Waals surface area (Å²) in [5, 5.41) is 0. The van der Waals surface area contributed by atoms with Gasteiger partial charge in [-0.05, 0) is 12.1 Å². The zero-order valence-electron chi connectivity index (χ0n) is 19.4. The van der Waals surface area contributed by atoms with Crippen LogP contribution in [0.15, 0.2) is 42.9 Å². The van der Waals surface area contributed by atoms with Crippen LogP contribution in [0, 0.1) is 11.7 Å². The number of aryl methyl sites for hydroxylation is 1. The number of hydrogen-bond acceptors (Lipinski definition) is 6. The molecule has 3 aromatic rings. The van der Waals surface area contributed by atoms with Crippen molar-refractivity contribution >= 4 is 5.91 Å². The molecule has 3 heterocycles. The Bertz CT molecular complexity index is 1110. The molecule has 1 saturated carbocycles. The molecule has 0 unspecified atom stereocenters. The van der Waals surface area contributed by atoms with Crippen LogP contribution in [0.3, 0.4) is 0 Å². The molecule has 5 rings (SSSR count). The molecule has 34 heavy (non-hydrogen) atoms. The third kappa shape index (κ3) is 6.75. The molecule has 184 valence electrons. The quantitative estimate of drug-likeness (QED) is 0.359. The first-order valence-corrected chi connectivity index (χ1v) is 14.3. The molecule has 9 heteroatoms. The minimum absolute atomic E-state index is 0. The Morgan fingerprint density at radius 1 is 1.12 bits per heavy atom. The number of hydrogen-bond donors (Lipinski definition) is 2. The van der Waals surface area contributed by atoms with Gasteiger partial charge < -0.3 is 11.9 Å². The van der Waals surface area contributed by atoms with Gasteiger partial charge in [0.1, 0.15) is 5.82 Å². The predicted molar refractivity (Wildman–Crippen MR) is 128 cm³/mol. The van der Waals surface area contributed by atoms with E-state index in [1.54, 1.807) is 12.1 Å². The van der Waals surface area contributed by atoms with Crippen molar-refractivity contribution in [2.24, 2.45) is 11.7 Å². The molecule has 2 aromatic heterocycles. The summed E-state index contributed by atoms with van der Waals surface area (Å²) in [5.74, 6) is 2.10. The molecule has 1 amide bonds. The zero-order valence-corrected chi connectivity index (χ0v) is 21.5. The van der Waals surface area contributed by atoms with Crippen LogP contribution in [0.2, 0.25) is 0 Å². The predicted octanol–water partition coefficient (Wildman–Crippen LogP) is 1.71. The second-order valence-corrected chi connectivity index (χ2v) is 11.5. The van der Waals surface area contributed by atoms with Gasteiger partial charge in [0, 0.05) is 19.4 Å². The van der Waals surface area contributed by atoms with Crippen molar-refractivity contribution in [1.29, 1.82) is 0 Å². The number of alkyl halides is 2. The van der Waals surface area contributed by atoms with Crippen LogP contribution in [-0.4, -0.2) is 30.3 Å². The second kappa shape index (κ2) is 12.3. The van der Waals surface area contributed by atoms with E-state index in [1.807, 2.05) is 0 Å². The standard InChI is InChI=1S/C14H20IN2.C11H8FN3O.H3N.H2/c1-10-2-4-11(5-3-10)14-16-9-12-8-15-7-6-13(12)17-14;12-9-3-1-2-7(4-9)11-14-5-8(6-15-11)10(13)16;;/h9-11H,2-8H2,1H3;1-6H,(H2,13,16);1H3;1H/q-1;;;. The fourth-order valence-corrected chi connectivity index (χ4v) is 6.55. The Balaban J connectivity index is 0.000000234. The van der Waals surface area contributed by atoms with Crippen LogP contribution in [0.25, 0.3) is 11.4 Å². The molecule has 1 aromatic carbocycles. The summed E-state index contributed by atoms with van der Waals surface area (Å²) in [4.78, 5) is 28.2. The maximum atomic E-state index is 12.9. The Labute approximate surface area is 211 Å². The average molecular weight is 579 g/mol. The molecular weight excluding hydrogens is 546 g/mol. The number of rotatable bonds is 3. The summed E-state index contributed by atoms with van der Waals surface area (Å²) in [5.41, 5.74) is 8.65. The summed E-state index contributed by atoms with van der Waals surface area (Å²) in [6, 6.07) is 5.90. The van der Waals surface area contributed by atoms with Crippen molar-refractivity contribution in [3.05, 3.63) is 71.3 Å². The van der Waals surface area contributed by atoms with E-state index >= 15 is 0 Å². The van der Waals surface area contributed by atoms with Crippen molar-refractivity contribution in [3.8, 4) is 11.4 Å². The summed E-state index contributed by atoms with van der Waals surface area (Å²) < 4.78 is 15.7. The van der Waals surface area contributed by atoms with Gasteiger partial charge >= 0.3 is 114 Å². The maximum absolute atomic E-state index is 12.9. The topological polar surface area (TPSA) is 130 Å². The molecule has 1 aliphatic carbocycles. The Kier molecular flexibility index (Phi) is 9.40. The van der Waals surface area contributed by atoms with Gasteiger partial charge in [-0.2, -0.15) is 0 Å². The average Bonchev–Trinajstić information content (AvgIpc) is 2.85. The van der Waals surface area contributed by atoms with E-state index in [4.69, 9.17) is 10.7 Å². The van der Waals surface area contributed by atoms with E-state index in [1.165, 1.54) is 76.7 Å². The monoisotopic (exact) mass is 579 g/mol. The van der Waals surface area contributed by atoms with Crippen LogP contribution in [-0.2, 0) is 10.8 Å².